The van der Waals surface area contributed by atoms with Crippen LogP contribution in [0.1, 0.15) is 36.0 Å². The van der Waals surface area contributed by atoms with Crippen LogP contribution < -0.4 is 5.32 Å². The van der Waals surface area contributed by atoms with E-state index in [1.807, 2.05) is 0 Å². The first-order valence-corrected chi connectivity index (χ1v) is 6.77. The zero-order valence-corrected chi connectivity index (χ0v) is 11.0. The molecule has 92 valence electrons. The Labute approximate surface area is 109 Å². The topological polar surface area (TPSA) is 29.1 Å². The molecule has 1 aliphatic carbocycles. The standard InChI is InChI=1S/C13H15BrFNO/c14-10-4-6-12(7-5-10)16-13(17)9-2-1-3-11(15)8-9/h1-3,8,10,12H,4-7H2,(H,16,17). The number of amides is 1. The largest absolute Gasteiger partial charge is 0.349 e. The molecule has 1 amide bonds. The van der Waals surface area contributed by atoms with E-state index in [0.717, 1.165) is 25.7 Å². The molecule has 1 aromatic rings. The average Bonchev–Trinajstić information content (AvgIpc) is 2.32. The predicted molar refractivity (Wildman–Crippen MR) is 68.8 cm³/mol. The highest BCUT2D eigenvalue weighted by Crippen LogP contribution is 2.24. The monoisotopic (exact) mass is 299 g/mol. The molecule has 1 fully saturated rings. The minimum absolute atomic E-state index is 0.178. The molecule has 1 aliphatic rings. The van der Waals surface area contributed by atoms with E-state index in [0.29, 0.717) is 10.4 Å². The van der Waals surface area contributed by atoms with Crippen molar-refractivity contribution in [3.8, 4) is 0 Å². The molecule has 4 heteroatoms. The summed E-state index contributed by atoms with van der Waals surface area (Å²) in [5, 5.41) is 2.96. The number of alkyl halides is 1. The van der Waals surface area contributed by atoms with Crippen molar-refractivity contribution in [1.29, 1.82) is 0 Å². The van der Waals surface area contributed by atoms with Gasteiger partial charge in [-0.15, -0.1) is 0 Å². The van der Waals surface area contributed by atoms with Crippen LogP contribution in [0.2, 0.25) is 0 Å². The Kier molecular flexibility index (Phi) is 4.15. The highest BCUT2D eigenvalue weighted by atomic mass is 79.9. The van der Waals surface area contributed by atoms with E-state index in [9.17, 15) is 9.18 Å². The normalized spacial score (nSPS) is 24.4. The molecule has 0 aromatic heterocycles. The number of carbonyl (C=O) groups is 1. The molecule has 0 spiro atoms. The molecule has 17 heavy (non-hydrogen) atoms. The summed E-state index contributed by atoms with van der Waals surface area (Å²) in [6.07, 6.45) is 4.12. The van der Waals surface area contributed by atoms with Crippen LogP contribution in [-0.4, -0.2) is 16.8 Å². The molecule has 0 bridgehead atoms. The van der Waals surface area contributed by atoms with Crippen LogP contribution in [0.25, 0.3) is 0 Å². The summed E-state index contributed by atoms with van der Waals surface area (Å²) in [6.45, 7) is 0. The van der Waals surface area contributed by atoms with Gasteiger partial charge in [-0.2, -0.15) is 0 Å². The van der Waals surface area contributed by atoms with Crippen molar-refractivity contribution < 1.29 is 9.18 Å². The van der Waals surface area contributed by atoms with Gasteiger partial charge >= 0.3 is 0 Å². The number of rotatable bonds is 2. The van der Waals surface area contributed by atoms with Crippen LogP contribution in [0.5, 0.6) is 0 Å². The molecule has 0 atom stereocenters. The third kappa shape index (κ3) is 3.53. The fourth-order valence-corrected chi connectivity index (χ4v) is 2.62. The van der Waals surface area contributed by atoms with Gasteiger partial charge in [0.05, 0.1) is 0 Å². The van der Waals surface area contributed by atoms with Crippen molar-refractivity contribution in [3.63, 3.8) is 0 Å². The van der Waals surface area contributed by atoms with Gasteiger partial charge in [0.2, 0.25) is 0 Å². The molecule has 0 saturated heterocycles. The summed E-state index contributed by atoms with van der Waals surface area (Å²) in [7, 11) is 0. The zero-order valence-electron chi connectivity index (χ0n) is 9.46. The summed E-state index contributed by atoms with van der Waals surface area (Å²) in [4.78, 5) is 12.4. The van der Waals surface area contributed by atoms with Crippen LogP contribution in [0.4, 0.5) is 4.39 Å². The molecule has 0 unspecified atom stereocenters. The second-order valence-electron chi connectivity index (χ2n) is 4.43. The first kappa shape index (κ1) is 12.6. The maximum Gasteiger partial charge on any atom is 0.251 e. The molecular weight excluding hydrogens is 285 g/mol. The molecule has 0 radical (unpaired) electrons. The van der Waals surface area contributed by atoms with Crippen LogP contribution in [0.3, 0.4) is 0 Å². The minimum Gasteiger partial charge on any atom is -0.349 e. The lowest BCUT2D eigenvalue weighted by Gasteiger charge is -2.26. The fourth-order valence-electron chi connectivity index (χ4n) is 2.10. The molecule has 1 N–H and O–H groups in total. The molecule has 0 aliphatic heterocycles. The smallest absolute Gasteiger partial charge is 0.251 e. The van der Waals surface area contributed by atoms with Crippen molar-refractivity contribution in [3.05, 3.63) is 35.6 Å². The van der Waals surface area contributed by atoms with E-state index in [2.05, 4.69) is 21.2 Å². The number of hydrogen-bond donors (Lipinski definition) is 1. The van der Waals surface area contributed by atoms with E-state index in [4.69, 9.17) is 0 Å². The summed E-state index contributed by atoms with van der Waals surface area (Å²) in [5.41, 5.74) is 0.394. The van der Waals surface area contributed by atoms with Gasteiger partial charge in [-0.05, 0) is 43.9 Å². The molecule has 2 rings (SSSR count). The SMILES string of the molecule is O=C(NC1CCC(Br)CC1)c1cccc(F)c1. The lowest BCUT2D eigenvalue weighted by atomic mass is 9.95. The Hall–Kier alpha value is -0.900. The molecule has 1 saturated carbocycles. The fraction of sp³-hybridized carbons (Fsp3) is 0.462. The van der Waals surface area contributed by atoms with Crippen LogP contribution in [0, 0.1) is 5.82 Å². The summed E-state index contributed by atoms with van der Waals surface area (Å²) in [6, 6.07) is 6.02. The van der Waals surface area contributed by atoms with Crippen molar-refractivity contribution in [1.82, 2.24) is 5.32 Å². The lowest BCUT2D eigenvalue weighted by molar-refractivity contribution is 0.0928. The summed E-state index contributed by atoms with van der Waals surface area (Å²) < 4.78 is 13.0. The Morgan fingerprint density at radius 2 is 2.00 bits per heavy atom. The highest BCUT2D eigenvalue weighted by Gasteiger charge is 2.21. The Morgan fingerprint density at radius 1 is 1.29 bits per heavy atom. The first-order valence-electron chi connectivity index (χ1n) is 5.85. The average molecular weight is 300 g/mol. The Morgan fingerprint density at radius 3 is 2.65 bits per heavy atom. The number of halogens is 2. The quantitative estimate of drug-likeness (QED) is 0.835. The Balaban J connectivity index is 1.93. The molecule has 1 aromatic carbocycles. The van der Waals surface area contributed by atoms with Gasteiger partial charge in [-0.25, -0.2) is 4.39 Å². The van der Waals surface area contributed by atoms with Crippen molar-refractivity contribution in [2.45, 2.75) is 36.6 Å². The third-order valence-electron chi connectivity index (χ3n) is 3.08. The number of hydrogen-bond acceptors (Lipinski definition) is 1. The van der Waals surface area contributed by atoms with Crippen LogP contribution in [-0.2, 0) is 0 Å². The minimum atomic E-state index is -0.373. The van der Waals surface area contributed by atoms with Gasteiger partial charge in [0.15, 0.2) is 0 Å². The second kappa shape index (κ2) is 5.63. The van der Waals surface area contributed by atoms with E-state index >= 15 is 0 Å². The van der Waals surface area contributed by atoms with Gasteiger partial charge in [0, 0.05) is 16.4 Å². The maximum absolute atomic E-state index is 13.0. The lowest BCUT2D eigenvalue weighted by Crippen LogP contribution is -2.37. The van der Waals surface area contributed by atoms with E-state index in [1.54, 1.807) is 12.1 Å². The number of carbonyl (C=O) groups excluding carboxylic acids is 1. The van der Waals surface area contributed by atoms with Gasteiger partial charge < -0.3 is 5.32 Å². The molecular formula is C13H15BrFNO. The maximum atomic E-state index is 13.0. The van der Waals surface area contributed by atoms with E-state index < -0.39 is 0 Å². The number of nitrogens with one attached hydrogen (secondary N) is 1. The van der Waals surface area contributed by atoms with Crippen LogP contribution >= 0.6 is 15.9 Å². The number of benzene rings is 1. The second-order valence-corrected chi connectivity index (χ2v) is 5.73. The van der Waals surface area contributed by atoms with Gasteiger partial charge in [-0.3, -0.25) is 4.79 Å². The Bertz CT molecular complexity index is 402. The first-order chi connectivity index (χ1) is 8.15. The molecule has 0 heterocycles. The van der Waals surface area contributed by atoms with E-state index in [1.165, 1.54) is 12.1 Å². The third-order valence-corrected chi connectivity index (χ3v) is 3.99. The van der Waals surface area contributed by atoms with E-state index in [-0.39, 0.29) is 17.8 Å². The van der Waals surface area contributed by atoms with Gasteiger partial charge in [0.25, 0.3) is 5.91 Å². The van der Waals surface area contributed by atoms with Crippen molar-refractivity contribution >= 4 is 21.8 Å². The van der Waals surface area contributed by atoms with Gasteiger partial charge in [-0.1, -0.05) is 22.0 Å². The summed E-state index contributed by atoms with van der Waals surface area (Å²) in [5.74, 6) is -0.552. The predicted octanol–water partition coefficient (Wildman–Crippen LogP) is 3.26. The van der Waals surface area contributed by atoms with Gasteiger partial charge in [0.1, 0.15) is 5.82 Å². The van der Waals surface area contributed by atoms with Crippen molar-refractivity contribution in [2.75, 3.05) is 0 Å². The van der Waals surface area contributed by atoms with Crippen molar-refractivity contribution in [2.24, 2.45) is 0 Å². The highest BCUT2D eigenvalue weighted by molar-refractivity contribution is 9.09. The van der Waals surface area contributed by atoms with Crippen LogP contribution in [0.15, 0.2) is 24.3 Å². The zero-order chi connectivity index (χ0) is 12.3. The summed E-state index contributed by atoms with van der Waals surface area (Å²) >= 11 is 3.57. The molecule has 2 nitrogen and oxygen atoms in total.